The maximum absolute atomic E-state index is 11.3. The molecule has 0 aliphatic carbocycles. The van der Waals surface area contributed by atoms with Crippen molar-refractivity contribution in [3.63, 3.8) is 0 Å². The predicted molar refractivity (Wildman–Crippen MR) is 186 cm³/mol. The highest BCUT2D eigenvalue weighted by Crippen LogP contribution is 2.24. The van der Waals surface area contributed by atoms with Crippen LogP contribution in [0.5, 0.6) is 0 Å². The van der Waals surface area contributed by atoms with Gasteiger partial charge in [0.05, 0.1) is 49.4 Å². The number of hydrogen-bond donors (Lipinski definition) is 8. The van der Waals surface area contributed by atoms with E-state index in [0.717, 1.165) is 21.9 Å². The van der Waals surface area contributed by atoms with Gasteiger partial charge in [-0.15, -0.1) is 0 Å². The fraction of sp³-hybridized carbons (Fsp3) is 0.394. The van der Waals surface area contributed by atoms with E-state index in [1.54, 1.807) is 34.1 Å². The van der Waals surface area contributed by atoms with Gasteiger partial charge in [-0.25, -0.2) is 0 Å². The molecule has 0 aromatic heterocycles. The van der Waals surface area contributed by atoms with Gasteiger partial charge in [0, 0.05) is 39.3 Å². The van der Waals surface area contributed by atoms with E-state index < -0.39 is 20.2 Å². The average molecular weight is 727 g/mol. The molecule has 14 nitrogen and oxygen atoms in total. The van der Waals surface area contributed by atoms with Gasteiger partial charge in [0.15, 0.2) is 0 Å². The summed E-state index contributed by atoms with van der Waals surface area (Å²) in [5.74, 6) is 0. The van der Waals surface area contributed by atoms with E-state index in [9.17, 15) is 25.9 Å². The molecule has 0 aliphatic heterocycles. The molecule has 0 unspecified atom stereocenters. The lowest BCUT2D eigenvalue weighted by atomic mass is 9.99. The zero-order valence-electron chi connectivity index (χ0n) is 27.0. The van der Waals surface area contributed by atoms with Crippen LogP contribution in [0, 0.1) is 0 Å². The first kappa shape index (κ1) is 42.1. The molecule has 0 atom stereocenters. The number of rotatable bonds is 16. The predicted octanol–water partition coefficient (Wildman–Crippen LogP) is 0.608. The fourth-order valence-corrected chi connectivity index (χ4v) is 5.87. The molecule has 16 heteroatoms. The van der Waals surface area contributed by atoms with Crippen LogP contribution in [0.4, 0.5) is 0 Å². The molecule has 0 saturated heterocycles. The van der Waals surface area contributed by atoms with Crippen LogP contribution in [0.1, 0.15) is 11.1 Å². The smallest absolute Gasteiger partial charge is 0.294 e. The van der Waals surface area contributed by atoms with Crippen molar-refractivity contribution in [2.45, 2.75) is 16.2 Å². The minimum Gasteiger partial charge on any atom is -0.395 e. The van der Waals surface area contributed by atoms with Crippen LogP contribution in [0.2, 0.25) is 0 Å². The summed E-state index contributed by atoms with van der Waals surface area (Å²) < 4.78 is 63.4. The summed E-state index contributed by atoms with van der Waals surface area (Å²) in [6, 6.07) is 20.2. The Hall–Kier alpha value is -3.10. The van der Waals surface area contributed by atoms with Gasteiger partial charge in [0.1, 0.15) is 0 Å². The van der Waals surface area contributed by atoms with E-state index in [0.29, 0.717) is 56.5 Å². The molecule has 0 fully saturated rings. The standard InChI is InChI=1S/C21H16O6S2.2C6H15NO3/c22-28(23,24)20-7-5-16-10-14(1-3-18(16)12-20)9-15-2-4-19-13-21(29(25,26)27)8-6-17(19)11-15;2*8-4-1-7(2-5-9)3-6-10/h1-8,10-13H,9H2,(H,22,23,24)(H,25,26,27);2*8-10H,1-6H2. The molecule has 0 spiro atoms. The molecule has 0 radical (unpaired) electrons. The van der Waals surface area contributed by atoms with E-state index in [4.69, 9.17) is 30.6 Å². The van der Waals surface area contributed by atoms with Crippen LogP contribution >= 0.6 is 0 Å². The van der Waals surface area contributed by atoms with Gasteiger partial charge in [0.25, 0.3) is 20.2 Å². The molecule has 0 bridgehead atoms. The zero-order valence-corrected chi connectivity index (χ0v) is 28.7. The summed E-state index contributed by atoms with van der Waals surface area (Å²) in [4.78, 5) is 3.30. The molecular formula is C33H46N2O12S2. The van der Waals surface area contributed by atoms with Crippen molar-refractivity contribution in [3.8, 4) is 0 Å². The number of aliphatic hydroxyl groups excluding tert-OH is 6. The molecule has 0 saturated carbocycles. The van der Waals surface area contributed by atoms with Crippen LogP contribution in [0.15, 0.2) is 82.6 Å². The van der Waals surface area contributed by atoms with Crippen LogP contribution in [0.3, 0.4) is 0 Å². The first-order valence-electron chi connectivity index (χ1n) is 15.4. The van der Waals surface area contributed by atoms with Gasteiger partial charge in [0.2, 0.25) is 0 Å². The SMILES string of the molecule is O=S(=O)(O)c1ccc2cc(Cc3ccc4cc(S(=O)(=O)O)ccc4c3)ccc2c1.OCCN(CCO)CCO.OCCN(CCO)CCO. The molecule has 4 aromatic rings. The van der Waals surface area contributed by atoms with Crippen LogP contribution < -0.4 is 0 Å². The van der Waals surface area contributed by atoms with Crippen molar-refractivity contribution >= 4 is 41.8 Å². The minimum atomic E-state index is -4.24. The number of nitrogens with zero attached hydrogens (tertiary/aromatic N) is 2. The molecular weight excluding hydrogens is 680 g/mol. The third-order valence-corrected chi connectivity index (χ3v) is 8.95. The van der Waals surface area contributed by atoms with E-state index in [-0.39, 0.29) is 49.4 Å². The van der Waals surface area contributed by atoms with Gasteiger partial charge in [-0.1, -0.05) is 48.5 Å². The quantitative estimate of drug-likeness (QED) is 0.0739. The fourth-order valence-electron chi connectivity index (χ4n) is 4.84. The van der Waals surface area contributed by atoms with Gasteiger partial charge < -0.3 is 30.6 Å². The monoisotopic (exact) mass is 726 g/mol. The Bertz CT molecular complexity index is 1640. The van der Waals surface area contributed by atoms with Gasteiger partial charge >= 0.3 is 0 Å². The molecule has 0 amide bonds. The van der Waals surface area contributed by atoms with Gasteiger partial charge in [-0.05, 0) is 63.4 Å². The summed E-state index contributed by atoms with van der Waals surface area (Å²) in [5.41, 5.74) is 2.04. The summed E-state index contributed by atoms with van der Waals surface area (Å²) in [6.07, 6.45) is 0.631. The summed E-state index contributed by atoms with van der Waals surface area (Å²) in [7, 11) is -8.48. The van der Waals surface area contributed by atoms with Crippen molar-refractivity contribution in [1.29, 1.82) is 0 Å². The Morgan fingerprint density at radius 3 is 0.939 bits per heavy atom. The lowest BCUT2D eigenvalue weighted by Crippen LogP contribution is -2.32. The number of benzene rings is 4. The largest absolute Gasteiger partial charge is 0.395 e. The van der Waals surface area contributed by atoms with E-state index in [1.165, 1.54) is 24.3 Å². The summed E-state index contributed by atoms with van der Waals surface area (Å²) in [5, 5.41) is 54.0. The Balaban J connectivity index is 0.000000344. The maximum atomic E-state index is 11.3. The van der Waals surface area contributed by atoms with Crippen molar-refractivity contribution in [2.24, 2.45) is 0 Å². The van der Waals surface area contributed by atoms with E-state index in [2.05, 4.69) is 0 Å². The first-order chi connectivity index (χ1) is 23.3. The molecule has 8 N–H and O–H groups in total. The first-order valence-corrected chi connectivity index (χ1v) is 18.3. The molecule has 0 aliphatic rings. The molecule has 272 valence electrons. The second-order valence-electron chi connectivity index (χ2n) is 10.8. The lowest BCUT2D eigenvalue weighted by molar-refractivity contribution is 0.136. The Morgan fingerprint density at radius 1 is 0.408 bits per heavy atom. The third-order valence-electron chi connectivity index (χ3n) is 7.25. The normalized spacial score (nSPS) is 11.8. The second kappa shape index (κ2) is 21.2. The number of fused-ring (bicyclic) bond motifs is 2. The van der Waals surface area contributed by atoms with Gasteiger partial charge in [-0.3, -0.25) is 18.9 Å². The Kier molecular flexibility index (Phi) is 18.2. The average Bonchev–Trinajstić information content (AvgIpc) is 3.05. The molecule has 4 rings (SSSR count). The topological polar surface area (TPSA) is 237 Å². The highest BCUT2D eigenvalue weighted by molar-refractivity contribution is 7.86. The second-order valence-corrected chi connectivity index (χ2v) is 13.7. The maximum Gasteiger partial charge on any atom is 0.294 e. The zero-order chi connectivity index (χ0) is 36.5. The van der Waals surface area contributed by atoms with Crippen molar-refractivity contribution in [2.75, 3.05) is 78.9 Å². The van der Waals surface area contributed by atoms with Crippen molar-refractivity contribution in [3.05, 3.63) is 83.9 Å². The lowest BCUT2D eigenvalue weighted by Gasteiger charge is -2.17. The highest BCUT2D eigenvalue weighted by atomic mass is 32.2. The van der Waals surface area contributed by atoms with Crippen LogP contribution in [-0.2, 0) is 26.7 Å². The van der Waals surface area contributed by atoms with E-state index >= 15 is 0 Å². The highest BCUT2D eigenvalue weighted by Gasteiger charge is 2.12. The third kappa shape index (κ3) is 14.7. The van der Waals surface area contributed by atoms with E-state index in [1.807, 2.05) is 24.3 Å². The Morgan fingerprint density at radius 2 is 0.673 bits per heavy atom. The number of aliphatic hydroxyl groups is 6. The minimum absolute atomic E-state index is 0.0694. The molecule has 0 heterocycles. The molecule has 4 aromatic carbocycles. The summed E-state index contributed by atoms with van der Waals surface area (Å²) in [6.45, 7) is 3.51. The number of hydrogen-bond acceptors (Lipinski definition) is 12. The van der Waals surface area contributed by atoms with Crippen molar-refractivity contribution < 1.29 is 56.6 Å². The van der Waals surface area contributed by atoms with Crippen molar-refractivity contribution in [1.82, 2.24) is 9.80 Å². The van der Waals surface area contributed by atoms with Gasteiger partial charge in [-0.2, -0.15) is 16.8 Å². The summed E-state index contributed by atoms with van der Waals surface area (Å²) >= 11 is 0. The van der Waals surface area contributed by atoms with Crippen LogP contribution in [-0.4, -0.2) is 145 Å². The molecule has 49 heavy (non-hydrogen) atoms. The van der Waals surface area contributed by atoms with Crippen LogP contribution in [0.25, 0.3) is 21.5 Å². The Labute approximate surface area is 286 Å².